The summed E-state index contributed by atoms with van der Waals surface area (Å²) in [5, 5.41) is 9.68. The summed E-state index contributed by atoms with van der Waals surface area (Å²) in [7, 11) is 0. The molecule has 0 fully saturated rings. The summed E-state index contributed by atoms with van der Waals surface area (Å²) in [6.07, 6.45) is 1.87. The largest absolute Gasteiger partial charge is 0.431 e. The standard InChI is InChI=1S/C16H16O4/c1-4-5-15(18)13-6-8-14(9-7-13)16(19)10-11(2)20-12(3)17/h5-10,15,18H,1H2,2-3H3/b11-10+. The third-order valence-corrected chi connectivity index (χ3v) is 2.45. The lowest BCUT2D eigenvalue weighted by atomic mass is 10.0. The van der Waals surface area contributed by atoms with E-state index in [0.717, 1.165) is 0 Å². The van der Waals surface area contributed by atoms with Gasteiger partial charge in [0.25, 0.3) is 0 Å². The molecule has 0 saturated heterocycles. The Balaban J connectivity index is 2.85. The van der Waals surface area contributed by atoms with Crippen LogP contribution < -0.4 is 0 Å². The Morgan fingerprint density at radius 1 is 1.30 bits per heavy atom. The molecule has 20 heavy (non-hydrogen) atoms. The van der Waals surface area contributed by atoms with Gasteiger partial charge >= 0.3 is 5.97 Å². The van der Waals surface area contributed by atoms with Gasteiger partial charge in [-0.3, -0.25) is 9.59 Å². The summed E-state index contributed by atoms with van der Waals surface area (Å²) in [6.45, 7) is 6.19. The maximum Gasteiger partial charge on any atom is 0.307 e. The summed E-state index contributed by atoms with van der Waals surface area (Å²) in [4.78, 5) is 22.6. The maximum atomic E-state index is 11.9. The lowest BCUT2D eigenvalue weighted by molar-refractivity contribution is -0.136. The number of allylic oxidation sites excluding steroid dienone is 2. The predicted molar refractivity (Wildman–Crippen MR) is 75.0 cm³/mol. The molecule has 0 aromatic heterocycles. The molecule has 0 amide bonds. The van der Waals surface area contributed by atoms with E-state index in [4.69, 9.17) is 4.74 Å². The highest BCUT2D eigenvalue weighted by atomic mass is 16.5. The van der Waals surface area contributed by atoms with Gasteiger partial charge in [-0.1, -0.05) is 30.8 Å². The third kappa shape index (κ3) is 4.69. The van der Waals surface area contributed by atoms with Crippen molar-refractivity contribution in [2.45, 2.75) is 20.0 Å². The number of aliphatic hydroxyl groups excluding tert-OH is 1. The van der Waals surface area contributed by atoms with Crippen LogP contribution in [-0.2, 0) is 9.53 Å². The zero-order valence-electron chi connectivity index (χ0n) is 11.4. The second kappa shape index (κ2) is 7.24. The summed E-state index contributed by atoms with van der Waals surface area (Å²) in [5.74, 6) is -0.508. The summed E-state index contributed by atoms with van der Waals surface area (Å²) in [6, 6.07) is 6.46. The van der Waals surface area contributed by atoms with Crippen molar-refractivity contribution in [1.29, 1.82) is 0 Å². The van der Waals surface area contributed by atoms with Crippen LogP contribution in [0.15, 0.2) is 54.5 Å². The van der Waals surface area contributed by atoms with Crippen molar-refractivity contribution < 1.29 is 19.4 Å². The van der Waals surface area contributed by atoms with E-state index < -0.39 is 12.1 Å². The number of rotatable bonds is 5. The topological polar surface area (TPSA) is 63.6 Å². The first-order valence-electron chi connectivity index (χ1n) is 5.99. The minimum absolute atomic E-state index is 0.237. The highest BCUT2D eigenvalue weighted by Gasteiger charge is 2.07. The van der Waals surface area contributed by atoms with Gasteiger partial charge < -0.3 is 9.84 Å². The van der Waals surface area contributed by atoms with E-state index in [1.807, 2.05) is 0 Å². The van der Waals surface area contributed by atoms with Crippen LogP contribution in [0.3, 0.4) is 0 Å². The van der Waals surface area contributed by atoms with Crippen molar-refractivity contribution in [1.82, 2.24) is 0 Å². The molecule has 0 aliphatic rings. The van der Waals surface area contributed by atoms with E-state index in [1.165, 1.54) is 26.0 Å². The fraction of sp³-hybridized carbons (Fsp3) is 0.188. The Kier molecular flexibility index (Phi) is 5.66. The SMILES string of the molecule is C=C=CC(O)c1ccc(C(=O)/C=C(\C)OC(C)=O)cc1. The fourth-order valence-electron chi connectivity index (χ4n) is 1.58. The van der Waals surface area contributed by atoms with E-state index >= 15 is 0 Å². The highest BCUT2D eigenvalue weighted by molar-refractivity contribution is 6.04. The Morgan fingerprint density at radius 3 is 2.40 bits per heavy atom. The maximum absolute atomic E-state index is 11.9. The molecule has 0 aliphatic carbocycles. The van der Waals surface area contributed by atoms with Crippen LogP contribution in [0.25, 0.3) is 0 Å². The molecule has 1 rings (SSSR count). The highest BCUT2D eigenvalue weighted by Crippen LogP contribution is 2.15. The minimum atomic E-state index is -0.796. The van der Waals surface area contributed by atoms with Gasteiger partial charge in [-0.05, 0) is 18.6 Å². The third-order valence-electron chi connectivity index (χ3n) is 2.45. The molecule has 4 heteroatoms. The molecule has 1 aromatic rings. The molecule has 0 bridgehead atoms. The van der Waals surface area contributed by atoms with Gasteiger partial charge in [0.1, 0.15) is 11.9 Å². The molecule has 0 radical (unpaired) electrons. The number of benzene rings is 1. The van der Waals surface area contributed by atoms with Crippen molar-refractivity contribution in [3.8, 4) is 0 Å². The number of esters is 1. The molecule has 0 spiro atoms. The Bertz CT molecular complexity index is 575. The predicted octanol–water partition coefficient (Wildman–Crippen LogP) is 2.71. The molecule has 104 valence electrons. The molecular weight excluding hydrogens is 256 g/mol. The van der Waals surface area contributed by atoms with Crippen molar-refractivity contribution in [3.05, 3.63) is 65.6 Å². The Morgan fingerprint density at radius 2 is 1.90 bits per heavy atom. The second-order valence-electron chi connectivity index (χ2n) is 4.15. The van der Waals surface area contributed by atoms with Gasteiger partial charge in [0.05, 0.1) is 0 Å². The summed E-state index contributed by atoms with van der Waals surface area (Å²) >= 11 is 0. The van der Waals surface area contributed by atoms with Crippen LogP contribution in [0.1, 0.15) is 35.9 Å². The minimum Gasteiger partial charge on any atom is -0.431 e. The van der Waals surface area contributed by atoms with Crippen LogP contribution in [0.5, 0.6) is 0 Å². The van der Waals surface area contributed by atoms with Gasteiger partial charge in [-0.25, -0.2) is 0 Å². The summed E-state index contributed by atoms with van der Waals surface area (Å²) in [5.41, 5.74) is 3.57. The van der Waals surface area contributed by atoms with Crippen LogP contribution in [0.2, 0.25) is 0 Å². The van der Waals surface area contributed by atoms with Crippen LogP contribution in [0.4, 0.5) is 0 Å². The first-order chi connectivity index (χ1) is 9.43. The second-order valence-corrected chi connectivity index (χ2v) is 4.15. The zero-order chi connectivity index (χ0) is 15.1. The Hall–Kier alpha value is -2.42. The number of carbonyl (C=O) groups excluding carboxylic acids is 2. The fourth-order valence-corrected chi connectivity index (χ4v) is 1.58. The van der Waals surface area contributed by atoms with E-state index in [0.29, 0.717) is 11.1 Å². The molecule has 1 N–H and O–H groups in total. The van der Waals surface area contributed by atoms with Gasteiger partial charge in [-0.15, -0.1) is 5.73 Å². The van der Waals surface area contributed by atoms with E-state index in [-0.39, 0.29) is 11.5 Å². The van der Waals surface area contributed by atoms with E-state index in [1.54, 1.807) is 24.3 Å². The number of carbonyl (C=O) groups is 2. The van der Waals surface area contributed by atoms with E-state index in [9.17, 15) is 14.7 Å². The van der Waals surface area contributed by atoms with Crippen LogP contribution >= 0.6 is 0 Å². The normalized spacial score (nSPS) is 12.2. The molecule has 0 aliphatic heterocycles. The molecule has 4 nitrogen and oxygen atoms in total. The smallest absolute Gasteiger partial charge is 0.307 e. The molecule has 1 aromatic carbocycles. The molecule has 1 atom stereocenters. The first kappa shape index (κ1) is 15.6. The van der Waals surface area contributed by atoms with Gasteiger partial charge in [0, 0.05) is 18.6 Å². The number of aliphatic hydroxyl groups is 1. The lowest BCUT2D eigenvalue weighted by Crippen LogP contribution is -2.01. The number of ether oxygens (including phenoxy) is 1. The monoisotopic (exact) mass is 272 g/mol. The van der Waals surface area contributed by atoms with Crippen molar-refractivity contribution >= 4 is 11.8 Å². The average molecular weight is 272 g/mol. The molecule has 1 unspecified atom stereocenters. The van der Waals surface area contributed by atoms with E-state index in [2.05, 4.69) is 12.3 Å². The van der Waals surface area contributed by atoms with Gasteiger partial charge in [0.15, 0.2) is 5.78 Å². The van der Waals surface area contributed by atoms with Crippen molar-refractivity contribution in [2.75, 3.05) is 0 Å². The molecular formula is C16H16O4. The van der Waals surface area contributed by atoms with Crippen molar-refractivity contribution in [2.24, 2.45) is 0 Å². The number of ketones is 1. The zero-order valence-corrected chi connectivity index (χ0v) is 11.4. The van der Waals surface area contributed by atoms with Crippen LogP contribution in [0, 0.1) is 0 Å². The Labute approximate surface area is 117 Å². The summed E-state index contributed by atoms with van der Waals surface area (Å²) < 4.78 is 4.78. The number of hydrogen-bond acceptors (Lipinski definition) is 4. The van der Waals surface area contributed by atoms with Crippen LogP contribution in [-0.4, -0.2) is 16.9 Å². The molecule has 0 heterocycles. The van der Waals surface area contributed by atoms with Crippen molar-refractivity contribution in [3.63, 3.8) is 0 Å². The lowest BCUT2D eigenvalue weighted by Gasteiger charge is -2.05. The molecule has 0 saturated carbocycles. The van der Waals surface area contributed by atoms with Gasteiger partial charge in [0.2, 0.25) is 0 Å². The first-order valence-corrected chi connectivity index (χ1v) is 5.99. The number of hydrogen-bond donors (Lipinski definition) is 1. The average Bonchev–Trinajstić information content (AvgIpc) is 2.38. The van der Waals surface area contributed by atoms with Gasteiger partial charge in [-0.2, -0.15) is 0 Å². The quantitative estimate of drug-likeness (QED) is 0.294.